The maximum Gasteiger partial charge on any atom is 0.322 e. The summed E-state index contributed by atoms with van der Waals surface area (Å²) < 4.78 is 14.8. The van der Waals surface area contributed by atoms with Crippen LogP contribution in [0, 0.1) is 0 Å². The third-order valence-electron chi connectivity index (χ3n) is 1.85. The summed E-state index contributed by atoms with van der Waals surface area (Å²) in [6.45, 7) is 1.78. The van der Waals surface area contributed by atoms with Gasteiger partial charge < -0.3 is 25.1 Å². The smallest absolute Gasteiger partial charge is 0.322 e. The van der Waals surface area contributed by atoms with E-state index in [2.05, 4.69) is 0 Å². The van der Waals surface area contributed by atoms with Crippen LogP contribution < -0.4 is 5.73 Å². The summed E-state index contributed by atoms with van der Waals surface area (Å²) in [4.78, 5) is 11.1. The second-order valence-corrected chi connectivity index (χ2v) is 3.24. The van der Waals surface area contributed by atoms with E-state index >= 15 is 0 Å². The molecule has 0 radical (unpaired) electrons. The number of ether oxygens (including phenoxy) is 3. The van der Waals surface area contributed by atoms with E-state index in [0.717, 1.165) is 0 Å². The van der Waals surface area contributed by atoms with Crippen LogP contribution in [0.15, 0.2) is 0 Å². The van der Waals surface area contributed by atoms with Crippen LogP contribution in [-0.2, 0) is 19.0 Å². The number of nitrogens with two attached hydrogens (primary N) is 1. The Balaban J connectivity index is 3.27. The topological polar surface area (TPSA) is 91.0 Å². The molecule has 0 heterocycles. The largest absolute Gasteiger partial charge is 0.464 e. The lowest BCUT2D eigenvalue weighted by atomic mass is 10.2. The zero-order valence-corrected chi connectivity index (χ0v) is 9.68. The van der Waals surface area contributed by atoms with E-state index in [4.69, 9.17) is 25.1 Å². The van der Waals surface area contributed by atoms with Crippen LogP contribution in [0.25, 0.3) is 0 Å². The number of aliphatic hydroxyl groups excluding tert-OH is 1. The summed E-state index contributed by atoms with van der Waals surface area (Å²) in [6.07, 6.45) is 0.852. The van der Waals surface area contributed by atoms with E-state index in [0.29, 0.717) is 26.2 Å². The summed E-state index contributed by atoms with van der Waals surface area (Å²) in [5.41, 5.74) is 5.43. The van der Waals surface area contributed by atoms with Gasteiger partial charge in [-0.1, -0.05) is 0 Å². The molecule has 3 N–H and O–H groups in total. The van der Waals surface area contributed by atoms with E-state index in [1.807, 2.05) is 0 Å². The molecule has 6 heteroatoms. The van der Waals surface area contributed by atoms with E-state index in [1.54, 1.807) is 7.11 Å². The average Bonchev–Trinajstić information content (AvgIpc) is 2.28. The summed E-state index contributed by atoms with van der Waals surface area (Å²) in [6, 6.07) is -0.737. The summed E-state index contributed by atoms with van der Waals surface area (Å²) in [5.74, 6) is -0.481. The van der Waals surface area contributed by atoms with Crippen molar-refractivity contribution in [3.63, 3.8) is 0 Å². The Kier molecular flexibility index (Phi) is 10.3. The Labute approximate surface area is 95.7 Å². The molecular formula is C10H21NO5. The van der Waals surface area contributed by atoms with Gasteiger partial charge in [-0.25, -0.2) is 0 Å². The monoisotopic (exact) mass is 235 g/mol. The van der Waals surface area contributed by atoms with E-state index < -0.39 is 12.0 Å². The molecule has 1 atom stereocenters. The van der Waals surface area contributed by atoms with Crippen molar-refractivity contribution in [2.45, 2.75) is 18.9 Å². The molecule has 0 rings (SSSR count). The van der Waals surface area contributed by atoms with Gasteiger partial charge in [0.25, 0.3) is 0 Å². The second-order valence-electron chi connectivity index (χ2n) is 3.24. The van der Waals surface area contributed by atoms with Gasteiger partial charge in [0, 0.05) is 26.7 Å². The lowest BCUT2D eigenvalue weighted by Crippen LogP contribution is -2.33. The molecule has 0 fully saturated rings. The van der Waals surface area contributed by atoms with Crippen molar-refractivity contribution in [3.8, 4) is 0 Å². The highest BCUT2D eigenvalue weighted by Crippen LogP contribution is 1.93. The number of hydrogen-bond acceptors (Lipinski definition) is 6. The Morgan fingerprint density at radius 2 is 2.06 bits per heavy atom. The standard InChI is InChI=1S/C10H21NO5/c1-14-7-8-15-5-2-6-16-10(13)9(11)3-4-12/h9,12H,2-8,11H2,1H3/t9-/m0/s1. The van der Waals surface area contributed by atoms with Gasteiger partial charge in [0.15, 0.2) is 0 Å². The fourth-order valence-corrected chi connectivity index (χ4v) is 0.942. The SMILES string of the molecule is COCCOCCCOC(=O)[C@@H](N)CCO. The van der Waals surface area contributed by atoms with Crippen LogP contribution >= 0.6 is 0 Å². The molecule has 0 aromatic rings. The fraction of sp³-hybridized carbons (Fsp3) is 0.900. The summed E-state index contributed by atoms with van der Waals surface area (Å²) in [5, 5.41) is 8.56. The first-order chi connectivity index (χ1) is 7.72. The summed E-state index contributed by atoms with van der Waals surface area (Å²) in [7, 11) is 1.60. The molecule has 0 amide bonds. The molecule has 6 nitrogen and oxygen atoms in total. The van der Waals surface area contributed by atoms with E-state index in [1.165, 1.54) is 0 Å². The maximum absolute atomic E-state index is 11.1. The highest BCUT2D eigenvalue weighted by atomic mass is 16.5. The fourth-order valence-electron chi connectivity index (χ4n) is 0.942. The van der Waals surface area contributed by atoms with Gasteiger partial charge in [-0.05, 0) is 6.42 Å². The van der Waals surface area contributed by atoms with Crippen LogP contribution in [0.1, 0.15) is 12.8 Å². The van der Waals surface area contributed by atoms with Crippen molar-refractivity contribution < 1.29 is 24.1 Å². The molecular weight excluding hydrogens is 214 g/mol. The van der Waals surface area contributed by atoms with Crippen molar-refractivity contribution in [2.75, 3.05) is 40.1 Å². The first kappa shape index (κ1) is 15.3. The minimum absolute atomic E-state index is 0.115. The normalized spacial score (nSPS) is 12.4. The predicted molar refractivity (Wildman–Crippen MR) is 57.9 cm³/mol. The van der Waals surface area contributed by atoms with Crippen molar-refractivity contribution in [1.82, 2.24) is 0 Å². The number of carbonyl (C=O) groups excluding carboxylic acids is 1. The summed E-state index contributed by atoms with van der Waals surface area (Å²) >= 11 is 0. The molecule has 0 aliphatic heterocycles. The van der Waals surface area contributed by atoms with Gasteiger partial charge in [0.2, 0.25) is 0 Å². The van der Waals surface area contributed by atoms with Crippen molar-refractivity contribution in [3.05, 3.63) is 0 Å². The molecule has 0 unspecified atom stereocenters. The number of aliphatic hydroxyl groups is 1. The Hall–Kier alpha value is -0.690. The number of hydrogen-bond donors (Lipinski definition) is 2. The van der Waals surface area contributed by atoms with Crippen molar-refractivity contribution in [2.24, 2.45) is 5.73 Å². The molecule has 0 aromatic carbocycles. The number of rotatable bonds is 10. The zero-order chi connectivity index (χ0) is 12.2. The molecule has 0 saturated carbocycles. The lowest BCUT2D eigenvalue weighted by Gasteiger charge is -2.10. The zero-order valence-electron chi connectivity index (χ0n) is 9.68. The van der Waals surface area contributed by atoms with E-state index in [9.17, 15) is 4.79 Å². The number of carbonyl (C=O) groups is 1. The van der Waals surface area contributed by atoms with Gasteiger partial charge in [0.05, 0.1) is 19.8 Å². The quantitative estimate of drug-likeness (QED) is 0.384. The molecule has 96 valence electrons. The highest BCUT2D eigenvalue weighted by Gasteiger charge is 2.13. The van der Waals surface area contributed by atoms with E-state index in [-0.39, 0.29) is 19.6 Å². The van der Waals surface area contributed by atoms with Gasteiger partial charge in [-0.3, -0.25) is 4.79 Å². The Morgan fingerprint density at radius 1 is 1.31 bits per heavy atom. The molecule has 0 aliphatic rings. The van der Waals surface area contributed by atoms with Crippen molar-refractivity contribution >= 4 is 5.97 Å². The van der Waals surface area contributed by atoms with Crippen LogP contribution in [-0.4, -0.2) is 57.3 Å². The number of methoxy groups -OCH3 is 1. The van der Waals surface area contributed by atoms with Gasteiger partial charge in [-0.2, -0.15) is 0 Å². The third-order valence-corrected chi connectivity index (χ3v) is 1.85. The molecule has 0 aliphatic carbocycles. The highest BCUT2D eigenvalue weighted by molar-refractivity contribution is 5.75. The van der Waals surface area contributed by atoms with Gasteiger partial charge in [-0.15, -0.1) is 0 Å². The third kappa shape index (κ3) is 8.60. The van der Waals surface area contributed by atoms with Crippen LogP contribution in [0.5, 0.6) is 0 Å². The molecule has 16 heavy (non-hydrogen) atoms. The first-order valence-electron chi connectivity index (χ1n) is 5.32. The van der Waals surface area contributed by atoms with Crippen LogP contribution in [0.2, 0.25) is 0 Å². The first-order valence-corrected chi connectivity index (χ1v) is 5.32. The molecule has 0 saturated heterocycles. The lowest BCUT2D eigenvalue weighted by molar-refractivity contribution is -0.146. The second kappa shape index (κ2) is 10.8. The number of esters is 1. The van der Waals surface area contributed by atoms with Gasteiger partial charge >= 0.3 is 5.97 Å². The predicted octanol–water partition coefficient (Wildman–Crippen LogP) is -0.708. The molecule has 0 bridgehead atoms. The van der Waals surface area contributed by atoms with Gasteiger partial charge in [0.1, 0.15) is 6.04 Å². The van der Waals surface area contributed by atoms with Crippen molar-refractivity contribution in [1.29, 1.82) is 0 Å². The average molecular weight is 235 g/mol. The molecule has 0 spiro atoms. The molecule has 0 aromatic heterocycles. The van der Waals surface area contributed by atoms with Crippen LogP contribution in [0.4, 0.5) is 0 Å². The van der Waals surface area contributed by atoms with Crippen LogP contribution in [0.3, 0.4) is 0 Å². The Morgan fingerprint density at radius 3 is 2.69 bits per heavy atom. The maximum atomic E-state index is 11.1. The Bertz CT molecular complexity index is 177. The minimum Gasteiger partial charge on any atom is -0.464 e. The minimum atomic E-state index is -0.737.